The number of hydrogen-bond acceptors (Lipinski definition) is 4. The predicted octanol–water partition coefficient (Wildman–Crippen LogP) is 2.25. The number of hydrogen-bond donors (Lipinski definition) is 1. The van der Waals surface area contributed by atoms with Crippen LogP contribution in [0.3, 0.4) is 0 Å². The standard InChI is InChI=1S/C11H19N3O/c1-8(2)5-6-15-10-7-9(3)13-11(12-4)14-10/h7-8H,5-6H2,1-4H3,(H,12,13,14). The molecule has 1 aromatic heterocycles. The number of ether oxygens (including phenoxy) is 1. The van der Waals surface area contributed by atoms with Crippen molar-refractivity contribution in [3.63, 3.8) is 0 Å². The van der Waals surface area contributed by atoms with Gasteiger partial charge in [-0.25, -0.2) is 4.98 Å². The summed E-state index contributed by atoms with van der Waals surface area (Å²) in [5.74, 6) is 1.90. The molecular formula is C11H19N3O. The van der Waals surface area contributed by atoms with Crippen molar-refractivity contribution in [3.8, 4) is 5.88 Å². The maximum absolute atomic E-state index is 5.55. The minimum Gasteiger partial charge on any atom is -0.478 e. The highest BCUT2D eigenvalue weighted by atomic mass is 16.5. The lowest BCUT2D eigenvalue weighted by molar-refractivity contribution is 0.279. The van der Waals surface area contributed by atoms with E-state index in [1.54, 1.807) is 7.05 Å². The van der Waals surface area contributed by atoms with Crippen LogP contribution in [-0.2, 0) is 0 Å². The first-order chi connectivity index (χ1) is 7.11. The molecule has 0 saturated heterocycles. The molecule has 4 heteroatoms. The van der Waals surface area contributed by atoms with Gasteiger partial charge in [-0.2, -0.15) is 4.98 Å². The third-order valence-electron chi connectivity index (χ3n) is 2.00. The summed E-state index contributed by atoms with van der Waals surface area (Å²) in [7, 11) is 1.80. The summed E-state index contributed by atoms with van der Waals surface area (Å²) in [5, 5.41) is 2.91. The number of rotatable bonds is 5. The third-order valence-corrected chi connectivity index (χ3v) is 2.00. The van der Waals surface area contributed by atoms with Crippen LogP contribution in [-0.4, -0.2) is 23.6 Å². The maximum Gasteiger partial charge on any atom is 0.225 e. The van der Waals surface area contributed by atoms with Crippen LogP contribution in [0.1, 0.15) is 26.0 Å². The molecule has 1 aromatic rings. The van der Waals surface area contributed by atoms with E-state index in [0.717, 1.165) is 12.1 Å². The number of aryl methyl sites for hydroxylation is 1. The van der Waals surface area contributed by atoms with E-state index in [0.29, 0.717) is 24.4 Å². The highest BCUT2D eigenvalue weighted by Crippen LogP contribution is 2.12. The van der Waals surface area contributed by atoms with Gasteiger partial charge in [0, 0.05) is 18.8 Å². The van der Waals surface area contributed by atoms with Crippen LogP contribution in [0, 0.1) is 12.8 Å². The van der Waals surface area contributed by atoms with Gasteiger partial charge < -0.3 is 10.1 Å². The van der Waals surface area contributed by atoms with Crippen molar-refractivity contribution >= 4 is 5.95 Å². The zero-order valence-electron chi connectivity index (χ0n) is 9.87. The van der Waals surface area contributed by atoms with E-state index in [4.69, 9.17) is 4.74 Å². The Balaban J connectivity index is 2.56. The van der Waals surface area contributed by atoms with Crippen molar-refractivity contribution < 1.29 is 4.74 Å². The number of anilines is 1. The Labute approximate surface area is 91.1 Å². The Kier molecular flexibility index (Phi) is 4.34. The lowest BCUT2D eigenvalue weighted by atomic mass is 10.1. The lowest BCUT2D eigenvalue weighted by Crippen LogP contribution is -2.05. The van der Waals surface area contributed by atoms with Crippen molar-refractivity contribution in [1.82, 2.24) is 9.97 Å². The smallest absolute Gasteiger partial charge is 0.225 e. The fourth-order valence-corrected chi connectivity index (χ4v) is 1.12. The average molecular weight is 209 g/mol. The number of nitrogens with zero attached hydrogens (tertiary/aromatic N) is 2. The van der Waals surface area contributed by atoms with Gasteiger partial charge >= 0.3 is 0 Å². The molecule has 0 radical (unpaired) electrons. The first-order valence-electron chi connectivity index (χ1n) is 5.28. The molecule has 0 unspecified atom stereocenters. The van der Waals surface area contributed by atoms with Crippen molar-refractivity contribution in [2.75, 3.05) is 19.0 Å². The highest BCUT2D eigenvalue weighted by molar-refractivity contribution is 5.29. The van der Waals surface area contributed by atoms with E-state index in [1.807, 2.05) is 13.0 Å². The molecular weight excluding hydrogens is 190 g/mol. The summed E-state index contributed by atoms with van der Waals surface area (Å²) in [4.78, 5) is 8.40. The van der Waals surface area contributed by atoms with Gasteiger partial charge in [0.05, 0.1) is 6.61 Å². The second kappa shape index (κ2) is 5.53. The number of nitrogens with one attached hydrogen (secondary N) is 1. The molecule has 0 fully saturated rings. The largest absolute Gasteiger partial charge is 0.478 e. The fraction of sp³-hybridized carbons (Fsp3) is 0.636. The Morgan fingerprint density at radius 3 is 2.73 bits per heavy atom. The molecule has 84 valence electrons. The van der Waals surface area contributed by atoms with Crippen LogP contribution in [0.2, 0.25) is 0 Å². The Morgan fingerprint density at radius 1 is 1.40 bits per heavy atom. The Hall–Kier alpha value is -1.32. The van der Waals surface area contributed by atoms with Crippen LogP contribution < -0.4 is 10.1 Å². The van der Waals surface area contributed by atoms with Crippen molar-refractivity contribution in [2.45, 2.75) is 27.2 Å². The SMILES string of the molecule is CNc1nc(C)cc(OCCC(C)C)n1. The molecule has 0 bridgehead atoms. The van der Waals surface area contributed by atoms with Crippen LogP contribution in [0.25, 0.3) is 0 Å². The topological polar surface area (TPSA) is 47.0 Å². The molecule has 0 amide bonds. The van der Waals surface area contributed by atoms with E-state index in [9.17, 15) is 0 Å². The Bertz CT molecular complexity index is 313. The van der Waals surface area contributed by atoms with Crippen molar-refractivity contribution in [1.29, 1.82) is 0 Å². The summed E-state index contributed by atoms with van der Waals surface area (Å²) >= 11 is 0. The maximum atomic E-state index is 5.55. The summed E-state index contributed by atoms with van der Waals surface area (Å²) in [6.45, 7) is 6.98. The van der Waals surface area contributed by atoms with Crippen molar-refractivity contribution in [2.24, 2.45) is 5.92 Å². The molecule has 0 aliphatic heterocycles. The molecule has 0 atom stereocenters. The second-order valence-electron chi connectivity index (χ2n) is 3.95. The third kappa shape index (κ3) is 4.14. The fourth-order valence-electron chi connectivity index (χ4n) is 1.12. The summed E-state index contributed by atoms with van der Waals surface area (Å²) in [5.41, 5.74) is 0.911. The molecule has 0 aromatic carbocycles. The van der Waals surface area contributed by atoms with Gasteiger partial charge in [0.25, 0.3) is 0 Å². The summed E-state index contributed by atoms with van der Waals surface area (Å²) in [6.07, 6.45) is 1.04. The van der Waals surface area contributed by atoms with E-state index in [-0.39, 0.29) is 0 Å². The van der Waals surface area contributed by atoms with E-state index >= 15 is 0 Å². The highest BCUT2D eigenvalue weighted by Gasteiger charge is 2.02. The van der Waals surface area contributed by atoms with Gasteiger partial charge in [-0.15, -0.1) is 0 Å². The van der Waals surface area contributed by atoms with Crippen LogP contribution in [0.5, 0.6) is 5.88 Å². The van der Waals surface area contributed by atoms with Gasteiger partial charge in [0.15, 0.2) is 0 Å². The molecule has 1 rings (SSSR count). The van der Waals surface area contributed by atoms with E-state index < -0.39 is 0 Å². The Morgan fingerprint density at radius 2 is 2.13 bits per heavy atom. The van der Waals surface area contributed by atoms with E-state index in [2.05, 4.69) is 29.1 Å². The summed E-state index contributed by atoms with van der Waals surface area (Å²) in [6, 6.07) is 1.85. The zero-order chi connectivity index (χ0) is 11.3. The number of aromatic nitrogens is 2. The summed E-state index contributed by atoms with van der Waals surface area (Å²) < 4.78 is 5.55. The average Bonchev–Trinajstić information content (AvgIpc) is 2.16. The minimum absolute atomic E-state index is 0.606. The van der Waals surface area contributed by atoms with Gasteiger partial charge in [0.1, 0.15) is 0 Å². The molecule has 1 N–H and O–H groups in total. The molecule has 0 saturated carbocycles. The lowest BCUT2D eigenvalue weighted by Gasteiger charge is -2.08. The van der Waals surface area contributed by atoms with Gasteiger partial charge in [-0.1, -0.05) is 13.8 Å². The van der Waals surface area contributed by atoms with Crippen molar-refractivity contribution in [3.05, 3.63) is 11.8 Å². The second-order valence-corrected chi connectivity index (χ2v) is 3.95. The van der Waals surface area contributed by atoms with Gasteiger partial charge in [-0.05, 0) is 19.3 Å². The van der Waals surface area contributed by atoms with Crippen LogP contribution in [0.4, 0.5) is 5.95 Å². The quantitative estimate of drug-likeness (QED) is 0.808. The predicted molar refractivity (Wildman–Crippen MR) is 61.3 cm³/mol. The molecule has 0 aliphatic rings. The van der Waals surface area contributed by atoms with E-state index in [1.165, 1.54) is 0 Å². The molecule has 15 heavy (non-hydrogen) atoms. The molecule has 0 spiro atoms. The van der Waals surface area contributed by atoms with Gasteiger partial charge in [0.2, 0.25) is 11.8 Å². The molecule has 1 heterocycles. The molecule has 4 nitrogen and oxygen atoms in total. The van der Waals surface area contributed by atoms with Gasteiger partial charge in [-0.3, -0.25) is 0 Å². The first-order valence-corrected chi connectivity index (χ1v) is 5.28. The zero-order valence-corrected chi connectivity index (χ0v) is 9.87. The van der Waals surface area contributed by atoms with Crippen LogP contribution in [0.15, 0.2) is 6.07 Å². The first kappa shape index (κ1) is 11.8. The minimum atomic E-state index is 0.606. The molecule has 0 aliphatic carbocycles. The normalized spacial score (nSPS) is 10.5. The van der Waals surface area contributed by atoms with Crippen LogP contribution >= 0.6 is 0 Å². The monoisotopic (exact) mass is 209 g/mol.